The number of aliphatic hydroxyl groups excluding tert-OH is 1. The first kappa shape index (κ1) is 21.5. The summed E-state index contributed by atoms with van der Waals surface area (Å²) in [6.07, 6.45) is 4.64. The predicted octanol–water partition coefficient (Wildman–Crippen LogP) is 3.54. The molecule has 1 heterocycles. The number of rotatable bonds is 13. The lowest BCUT2D eigenvalue weighted by Crippen LogP contribution is -2.34. The minimum Gasteiger partial charge on any atom is -0.497 e. The number of ether oxygens (including phenoxy) is 2. The van der Waals surface area contributed by atoms with E-state index < -0.39 is 0 Å². The van der Waals surface area contributed by atoms with E-state index in [1.807, 2.05) is 12.1 Å². The van der Waals surface area contributed by atoms with Gasteiger partial charge in [-0.1, -0.05) is 25.5 Å². The number of aromatic nitrogens is 1. The number of methoxy groups -OCH3 is 2. The molecule has 27 heavy (non-hydrogen) atoms. The highest BCUT2D eigenvalue weighted by Gasteiger charge is 2.14. The molecule has 0 aliphatic rings. The van der Waals surface area contributed by atoms with Crippen molar-refractivity contribution in [3.05, 3.63) is 53.9 Å². The molecule has 1 aromatic heterocycles. The summed E-state index contributed by atoms with van der Waals surface area (Å²) in [6.45, 7) is 6.09. The number of nitrogens with zero attached hydrogens (tertiary/aromatic N) is 2. The second-order valence-electron chi connectivity index (χ2n) is 7.00. The van der Waals surface area contributed by atoms with Gasteiger partial charge >= 0.3 is 0 Å². The summed E-state index contributed by atoms with van der Waals surface area (Å²) in [5, 5.41) is 10.3. The molecule has 0 radical (unpaired) electrons. The van der Waals surface area contributed by atoms with Crippen molar-refractivity contribution in [3.63, 3.8) is 0 Å². The van der Waals surface area contributed by atoms with E-state index >= 15 is 0 Å². The third-order valence-corrected chi connectivity index (χ3v) is 4.71. The maximum absolute atomic E-state index is 10.3. The molecule has 1 aromatic carbocycles. The third-order valence-electron chi connectivity index (χ3n) is 4.71. The lowest BCUT2D eigenvalue weighted by Gasteiger charge is -2.25. The molecule has 1 N–H and O–H groups in total. The molecule has 0 bridgehead atoms. The molecule has 0 aliphatic heterocycles. The fourth-order valence-electron chi connectivity index (χ4n) is 3.33. The highest BCUT2D eigenvalue weighted by atomic mass is 16.5. The molecule has 0 saturated carbocycles. The maximum atomic E-state index is 10.3. The van der Waals surface area contributed by atoms with Gasteiger partial charge in [0, 0.05) is 51.8 Å². The van der Waals surface area contributed by atoms with Gasteiger partial charge in [-0.15, -0.1) is 0 Å². The van der Waals surface area contributed by atoms with Crippen LogP contribution in [0.4, 0.5) is 0 Å². The number of aliphatic hydroxyl groups is 1. The van der Waals surface area contributed by atoms with Crippen LogP contribution in [0.15, 0.2) is 42.6 Å². The van der Waals surface area contributed by atoms with Crippen LogP contribution in [0, 0.1) is 0 Å². The van der Waals surface area contributed by atoms with Gasteiger partial charge in [-0.3, -0.25) is 4.90 Å². The normalized spacial score (nSPS) is 12.5. The van der Waals surface area contributed by atoms with Crippen molar-refractivity contribution in [3.8, 4) is 5.75 Å². The van der Waals surface area contributed by atoms with Crippen LogP contribution in [0.1, 0.15) is 37.4 Å². The highest BCUT2D eigenvalue weighted by Crippen LogP contribution is 2.16. The minimum atomic E-state index is -0.278. The van der Waals surface area contributed by atoms with Gasteiger partial charge in [0.15, 0.2) is 0 Å². The first-order valence-corrected chi connectivity index (χ1v) is 9.82. The summed E-state index contributed by atoms with van der Waals surface area (Å²) in [6, 6.07) is 12.4. The van der Waals surface area contributed by atoms with Crippen molar-refractivity contribution < 1.29 is 14.6 Å². The fourth-order valence-corrected chi connectivity index (χ4v) is 3.33. The third kappa shape index (κ3) is 7.37. The Labute approximate surface area is 163 Å². The number of hydrogen-bond donors (Lipinski definition) is 1. The Morgan fingerprint density at radius 2 is 2.04 bits per heavy atom. The minimum absolute atomic E-state index is 0.278. The Balaban J connectivity index is 2.04. The summed E-state index contributed by atoms with van der Waals surface area (Å²) in [4.78, 5) is 2.33. The van der Waals surface area contributed by atoms with Gasteiger partial charge in [0.1, 0.15) is 5.75 Å². The molecule has 0 fully saturated rings. The van der Waals surface area contributed by atoms with E-state index in [1.54, 1.807) is 14.2 Å². The zero-order chi connectivity index (χ0) is 19.5. The van der Waals surface area contributed by atoms with Gasteiger partial charge in [0.05, 0.1) is 13.2 Å². The molecule has 5 nitrogen and oxygen atoms in total. The topological polar surface area (TPSA) is 46.9 Å². The smallest absolute Gasteiger partial charge is 0.119 e. The van der Waals surface area contributed by atoms with Crippen LogP contribution in [0.2, 0.25) is 0 Å². The zero-order valence-corrected chi connectivity index (χ0v) is 16.9. The van der Waals surface area contributed by atoms with Crippen LogP contribution in [0.5, 0.6) is 5.75 Å². The number of hydrogen-bond acceptors (Lipinski definition) is 4. The monoisotopic (exact) mass is 374 g/mol. The van der Waals surface area contributed by atoms with Crippen LogP contribution in [0.25, 0.3) is 0 Å². The molecule has 0 spiro atoms. The number of benzene rings is 1. The molecule has 5 heteroatoms. The van der Waals surface area contributed by atoms with Crippen molar-refractivity contribution in [1.29, 1.82) is 0 Å². The van der Waals surface area contributed by atoms with Crippen LogP contribution in [-0.4, -0.2) is 54.6 Å². The van der Waals surface area contributed by atoms with E-state index in [0.29, 0.717) is 6.54 Å². The van der Waals surface area contributed by atoms with Crippen molar-refractivity contribution in [2.24, 2.45) is 0 Å². The van der Waals surface area contributed by atoms with Crippen LogP contribution in [-0.2, 0) is 17.8 Å². The molecule has 0 unspecified atom stereocenters. The Bertz CT molecular complexity index is 657. The van der Waals surface area contributed by atoms with E-state index in [0.717, 1.165) is 51.3 Å². The molecule has 2 aromatic rings. The molecule has 2 rings (SSSR count). The van der Waals surface area contributed by atoms with E-state index in [1.165, 1.54) is 11.3 Å². The average Bonchev–Trinajstić information content (AvgIpc) is 3.08. The SMILES string of the molecule is CCC[C@H](O)CN(CCCOC)Cc1cccn1Cc1cccc(OC)c1. The molecule has 1 atom stereocenters. The second kappa shape index (κ2) is 11.8. The Morgan fingerprint density at radius 3 is 2.78 bits per heavy atom. The summed E-state index contributed by atoms with van der Waals surface area (Å²) in [5.74, 6) is 0.880. The van der Waals surface area contributed by atoms with Gasteiger partial charge < -0.3 is 19.1 Å². The lowest BCUT2D eigenvalue weighted by atomic mass is 10.2. The zero-order valence-electron chi connectivity index (χ0n) is 16.9. The van der Waals surface area contributed by atoms with Crippen LogP contribution < -0.4 is 4.74 Å². The van der Waals surface area contributed by atoms with Crippen molar-refractivity contribution in [2.75, 3.05) is 33.9 Å². The van der Waals surface area contributed by atoms with Crippen molar-refractivity contribution >= 4 is 0 Å². The van der Waals surface area contributed by atoms with E-state index in [4.69, 9.17) is 9.47 Å². The first-order chi connectivity index (χ1) is 13.2. The van der Waals surface area contributed by atoms with Gasteiger partial charge in [0.2, 0.25) is 0 Å². The molecule has 0 aliphatic carbocycles. The predicted molar refractivity (Wildman–Crippen MR) is 109 cm³/mol. The van der Waals surface area contributed by atoms with Crippen molar-refractivity contribution in [2.45, 2.75) is 45.4 Å². The van der Waals surface area contributed by atoms with Crippen LogP contribution >= 0.6 is 0 Å². The average molecular weight is 375 g/mol. The van der Waals surface area contributed by atoms with Crippen molar-refractivity contribution in [1.82, 2.24) is 9.47 Å². The van der Waals surface area contributed by atoms with Crippen LogP contribution in [0.3, 0.4) is 0 Å². The van der Waals surface area contributed by atoms with Gasteiger partial charge in [0.25, 0.3) is 0 Å². The second-order valence-corrected chi connectivity index (χ2v) is 7.00. The molecule has 0 saturated heterocycles. The van der Waals surface area contributed by atoms with Gasteiger partial charge in [-0.05, 0) is 42.7 Å². The first-order valence-electron chi connectivity index (χ1n) is 9.82. The summed E-state index contributed by atoms with van der Waals surface area (Å²) >= 11 is 0. The Hall–Kier alpha value is -1.82. The van der Waals surface area contributed by atoms with E-state index in [-0.39, 0.29) is 6.10 Å². The lowest BCUT2D eigenvalue weighted by molar-refractivity contribution is 0.0918. The molecule has 150 valence electrons. The standard InChI is InChI=1S/C22H34N2O3/c1-4-8-21(25)18-23(12-7-14-26-2)17-20-10-6-13-24(20)16-19-9-5-11-22(15-19)27-3/h5-6,9-11,13,15,21,25H,4,7-8,12,14,16-18H2,1-3H3/t21-/m0/s1. The largest absolute Gasteiger partial charge is 0.497 e. The van der Waals surface area contributed by atoms with Gasteiger partial charge in [-0.2, -0.15) is 0 Å². The van der Waals surface area contributed by atoms with E-state index in [2.05, 4.69) is 46.9 Å². The molecular formula is C22H34N2O3. The quantitative estimate of drug-likeness (QED) is 0.545. The Kier molecular flexibility index (Phi) is 9.39. The summed E-state index contributed by atoms with van der Waals surface area (Å²) in [7, 11) is 3.43. The molecular weight excluding hydrogens is 340 g/mol. The maximum Gasteiger partial charge on any atom is 0.119 e. The Morgan fingerprint density at radius 1 is 1.19 bits per heavy atom. The highest BCUT2D eigenvalue weighted by molar-refractivity contribution is 5.29. The summed E-state index contributed by atoms with van der Waals surface area (Å²) in [5.41, 5.74) is 2.46. The van der Waals surface area contributed by atoms with E-state index in [9.17, 15) is 5.11 Å². The summed E-state index contributed by atoms with van der Waals surface area (Å²) < 4.78 is 12.8. The fraction of sp³-hybridized carbons (Fsp3) is 0.545. The molecule has 0 amide bonds. The van der Waals surface area contributed by atoms with Gasteiger partial charge in [-0.25, -0.2) is 0 Å².